The van der Waals surface area contributed by atoms with E-state index in [1.165, 1.54) is 43.3 Å². The summed E-state index contributed by atoms with van der Waals surface area (Å²) in [6.45, 7) is 0.704. The topological polar surface area (TPSA) is 229 Å². The molecular weight excluding hydrogens is 548 g/mol. The molecule has 0 bridgehead atoms. The van der Waals surface area contributed by atoms with Gasteiger partial charge < -0.3 is 64.2 Å². The summed E-state index contributed by atoms with van der Waals surface area (Å²) in [4.78, 5) is 12.8. The van der Waals surface area contributed by atoms with E-state index < -0.39 is 79.2 Å². The van der Waals surface area contributed by atoms with Gasteiger partial charge in [0.05, 0.1) is 12.7 Å². The average Bonchev–Trinajstić information content (AvgIpc) is 2.94. The Hall–Kier alpha value is -3.31. The summed E-state index contributed by atoms with van der Waals surface area (Å²) in [5, 5.41) is 81.4. The standard InChI is InChI=1S/C27H30O14/c1-10-20(32)22(34)24(36)26(37-10)41-25-23(35)21(33)18(9-28)40-27(25)38-13-6-14(30)19-15(31)8-16(39-17(19)7-13)11-2-4-12(29)5-3-11/h2-8,10,18,20-30,32-36H,9H2,1H3/t10-,18+,20-,21+,22-,23-,24-,25+,26+,27+/m1/s1. The van der Waals surface area contributed by atoms with Gasteiger partial charge in [-0.15, -0.1) is 0 Å². The third kappa shape index (κ3) is 5.61. The molecule has 8 N–H and O–H groups in total. The van der Waals surface area contributed by atoms with Gasteiger partial charge in [0, 0.05) is 23.8 Å². The Morgan fingerprint density at radius 3 is 2.22 bits per heavy atom. The van der Waals surface area contributed by atoms with Crippen LogP contribution in [0.15, 0.2) is 51.7 Å². The fourth-order valence-corrected chi connectivity index (χ4v) is 4.79. The van der Waals surface area contributed by atoms with Crippen molar-refractivity contribution in [1.82, 2.24) is 0 Å². The Morgan fingerprint density at radius 2 is 1.54 bits per heavy atom. The number of phenols is 2. The minimum absolute atomic E-state index is 0.00857. The number of aliphatic hydroxyl groups is 6. The molecule has 2 saturated heterocycles. The fourth-order valence-electron chi connectivity index (χ4n) is 4.79. The van der Waals surface area contributed by atoms with Crippen LogP contribution in [0.5, 0.6) is 17.2 Å². The Balaban J connectivity index is 1.47. The predicted octanol–water partition coefficient (Wildman–Crippen LogP) is -1.10. The van der Waals surface area contributed by atoms with Crippen molar-refractivity contribution >= 4 is 11.0 Å². The van der Waals surface area contributed by atoms with E-state index in [1.807, 2.05) is 0 Å². The third-order valence-electron chi connectivity index (χ3n) is 7.11. The normalized spacial score (nSPS) is 34.0. The largest absolute Gasteiger partial charge is 0.508 e. The molecule has 1 aromatic heterocycles. The lowest BCUT2D eigenvalue weighted by Crippen LogP contribution is -2.64. The number of ether oxygens (including phenoxy) is 4. The van der Waals surface area contributed by atoms with Gasteiger partial charge in [-0.1, -0.05) is 0 Å². The first-order valence-corrected chi connectivity index (χ1v) is 12.7. The Bertz CT molecular complexity index is 1420. The number of fused-ring (bicyclic) bond motifs is 1. The van der Waals surface area contributed by atoms with Crippen LogP contribution in [0.1, 0.15) is 6.92 Å². The van der Waals surface area contributed by atoms with Crippen LogP contribution in [0.2, 0.25) is 0 Å². The van der Waals surface area contributed by atoms with Crippen LogP contribution in [-0.4, -0.2) is 109 Å². The third-order valence-corrected chi connectivity index (χ3v) is 7.11. The predicted molar refractivity (Wildman–Crippen MR) is 137 cm³/mol. The van der Waals surface area contributed by atoms with E-state index >= 15 is 0 Å². The van der Waals surface area contributed by atoms with Crippen LogP contribution in [0.4, 0.5) is 0 Å². The van der Waals surface area contributed by atoms with E-state index in [2.05, 4.69) is 0 Å². The minimum atomic E-state index is -1.76. The number of benzene rings is 2. The summed E-state index contributed by atoms with van der Waals surface area (Å²) in [6, 6.07) is 9.38. The highest BCUT2D eigenvalue weighted by atomic mass is 16.8. The van der Waals surface area contributed by atoms with Crippen LogP contribution in [0.3, 0.4) is 0 Å². The summed E-state index contributed by atoms with van der Waals surface area (Å²) in [6.07, 6.45) is -15.3. The second-order valence-electron chi connectivity index (χ2n) is 9.94. The zero-order valence-electron chi connectivity index (χ0n) is 21.5. The highest BCUT2D eigenvalue weighted by Gasteiger charge is 2.50. The molecule has 0 amide bonds. The number of hydrogen-bond donors (Lipinski definition) is 8. The second kappa shape index (κ2) is 11.5. The molecule has 2 fully saturated rings. The van der Waals surface area contributed by atoms with Crippen molar-refractivity contribution in [3.05, 3.63) is 52.7 Å². The summed E-state index contributed by atoms with van der Waals surface area (Å²) in [7, 11) is 0. The lowest BCUT2D eigenvalue weighted by Gasteiger charge is -2.45. The number of hydrogen-bond acceptors (Lipinski definition) is 14. The average molecular weight is 579 g/mol. The minimum Gasteiger partial charge on any atom is -0.508 e. The van der Waals surface area contributed by atoms with Crippen molar-refractivity contribution in [2.45, 2.75) is 68.3 Å². The first kappa shape index (κ1) is 29.2. The maximum atomic E-state index is 12.8. The van der Waals surface area contributed by atoms with Crippen LogP contribution in [0.25, 0.3) is 22.3 Å². The van der Waals surface area contributed by atoms with Crippen molar-refractivity contribution in [3.8, 4) is 28.6 Å². The van der Waals surface area contributed by atoms with Gasteiger partial charge in [0.1, 0.15) is 70.6 Å². The van der Waals surface area contributed by atoms with Crippen LogP contribution < -0.4 is 10.2 Å². The fraction of sp³-hybridized carbons (Fsp3) is 0.444. The first-order chi connectivity index (χ1) is 19.5. The highest BCUT2D eigenvalue weighted by molar-refractivity contribution is 5.86. The second-order valence-corrected chi connectivity index (χ2v) is 9.94. The molecular formula is C27H30O14. The summed E-state index contributed by atoms with van der Waals surface area (Å²) < 4.78 is 28.4. The van der Waals surface area contributed by atoms with E-state index in [1.54, 1.807) is 0 Å². The smallest absolute Gasteiger partial charge is 0.229 e. The van der Waals surface area contributed by atoms with Gasteiger partial charge in [-0.2, -0.15) is 0 Å². The molecule has 0 spiro atoms. The van der Waals surface area contributed by atoms with E-state index in [0.717, 1.165) is 6.07 Å². The SMILES string of the molecule is C[C@H]1O[C@@H](O[C@@H]2[C@@H](Oc3cc(O)c4c(=O)cc(-c5ccc(O)cc5)oc4c3)O[C@@H](CO)[C@H](O)[C@H]2O)[C@H](O)[C@H](O)[C@@H]1O. The summed E-state index contributed by atoms with van der Waals surface area (Å²) in [5.74, 6) is -0.498. The van der Waals surface area contributed by atoms with Crippen molar-refractivity contribution in [2.24, 2.45) is 0 Å². The van der Waals surface area contributed by atoms with Crippen LogP contribution in [0, 0.1) is 0 Å². The summed E-state index contributed by atoms with van der Waals surface area (Å²) >= 11 is 0. The molecule has 0 radical (unpaired) electrons. The van der Waals surface area contributed by atoms with Crippen LogP contribution in [-0.2, 0) is 14.2 Å². The Labute approximate surface area is 231 Å². The molecule has 0 saturated carbocycles. The maximum Gasteiger partial charge on any atom is 0.229 e. The Kier molecular flexibility index (Phi) is 8.20. The Morgan fingerprint density at radius 1 is 0.829 bits per heavy atom. The first-order valence-electron chi connectivity index (χ1n) is 12.7. The lowest BCUT2D eigenvalue weighted by atomic mass is 9.97. The van der Waals surface area contributed by atoms with Crippen LogP contribution >= 0.6 is 0 Å². The van der Waals surface area contributed by atoms with Gasteiger partial charge in [0.25, 0.3) is 0 Å². The molecule has 14 heteroatoms. The molecule has 0 unspecified atom stereocenters. The molecule has 2 aliphatic heterocycles. The molecule has 41 heavy (non-hydrogen) atoms. The van der Waals surface area contributed by atoms with Gasteiger partial charge in [-0.05, 0) is 31.2 Å². The molecule has 3 aromatic rings. The zero-order chi connectivity index (χ0) is 29.6. The van der Waals surface area contributed by atoms with Crippen molar-refractivity contribution in [1.29, 1.82) is 0 Å². The molecule has 10 atom stereocenters. The number of aromatic hydroxyl groups is 2. The molecule has 2 aromatic carbocycles. The van der Waals surface area contributed by atoms with E-state index in [-0.39, 0.29) is 28.2 Å². The van der Waals surface area contributed by atoms with Gasteiger partial charge in [-0.3, -0.25) is 4.79 Å². The number of aliphatic hydroxyl groups excluding tert-OH is 6. The molecule has 222 valence electrons. The highest BCUT2D eigenvalue weighted by Crippen LogP contribution is 2.35. The molecule has 3 heterocycles. The monoisotopic (exact) mass is 578 g/mol. The van der Waals surface area contributed by atoms with E-state index in [9.17, 15) is 45.6 Å². The maximum absolute atomic E-state index is 12.8. The zero-order valence-corrected chi connectivity index (χ0v) is 21.5. The van der Waals surface area contributed by atoms with Gasteiger partial charge >= 0.3 is 0 Å². The lowest BCUT2D eigenvalue weighted by molar-refractivity contribution is -0.354. The van der Waals surface area contributed by atoms with Gasteiger partial charge in [0.15, 0.2) is 17.8 Å². The number of rotatable bonds is 6. The quantitative estimate of drug-likeness (QED) is 0.174. The molecule has 5 rings (SSSR count). The van der Waals surface area contributed by atoms with E-state index in [4.69, 9.17) is 23.4 Å². The van der Waals surface area contributed by atoms with Crippen molar-refractivity contribution in [2.75, 3.05) is 6.61 Å². The summed E-state index contributed by atoms with van der Waals surface area (Å²) in [5.41, 5.74) is -0.182. The van der Waals surface area contributed by atoms with Crippen molar-refractivity contribution < 1.29 is 64.2 Å². The van der Waals surface area contributed by atoms with Gasteiger partial charge in [0.2, 0.25) is 6.29 Å². The van der Waals surface area contributed by atoms with E-state index in [0.29, 0.717) is 5.56 Å². The van der Waals surface area contributed by atoms with Gasteiger partial charge in [-0.25, -0.2) is 0 Å². The molecule has 0 aliphatic carbocycles. The number of phenolic OH excluding ortho intramolecular Hbond substituents is 2. The molecule has 2 aliphatic rings. The van der Waals surface area contributed by atoms with Crippen molar-refractivity contribution in [3.63, 3.8) is 0 Å². The molecule has 14 nitrogen and oxygen atoms in total.